The summed E-state index contributed by atoms with van der Waals surface area (Å²) in [4.78, 5) is 0. The van der Waals surface area contributed by atoms with Gasteiger partial charge in [-0.1, -0.05) is 30.3 Å². The molecule has 2 aromatic carbocycles. The summed E-state index contributed by atoms with van der Waals surface area (Å²) in [7, 11) is 0. The Labute approximate surface area is 107 Å². The van der Waals surface area contributed by atoms with Gasteiger partial charge in [0.2, 0.25) is 0 Å². The van der Waals surface area contributed by atoms with Crippen LogP contribution in [0.1, 0.15) is 6.92 Å². The van der Waals surface area contributed by atoms with Crippen LogP contribution in [0.5, 0.6) is 17.2 Å². The van der Waals surface area contributed by atoms with Crippen molar-refractivity contribution in [1.29, 1.82) is 0 Å². The number of hydrogen-bond donors (Lipinski definition) is 1. The van der Waals surface area contributed by atoms with Crippen LogP contribution in [0.4, 0.5) is 0 Å². The largest absolute Gasteiger partial charge is 0.487 e. The molecular weight excluding hydrogens is 228 g/mol. The summed E-state index contributed by atoms with van der Waals surface area (Å²) in [6, 6.07) is 16.9. The van der Waals surface area contributed by atoms with Gasteiger partial charge in [-0.25, -0.2) is 0 Å². The Hall–Kier alpha value is -2.00. The van der Waals surface area contributed by atoms with Gasteiger partial charge < -0.3 is 14.6 Å². The second-order valence-corrected chi connectivity index (χ2v) is 4.02. The van der Waals surface area contributed by atoms with Gasteiger partial charge in [-0.3, -0.25) is 0 Å². The maximum atomic E-state index is 9.23. The predicted octanol–water partition coefficient (Wildman–Crippen LogP) is 3.24. The highest BCUT2D eigenvalue weighted by Crippen LogP contribution is 2.31. The molecule has 2 aromatic rings. The van der Waals surface area contributed by atoms with E-state index >= 15 is 0 Å². The number of ether oxygens (including phenoxy) is 2. The second kappa shape index (κ2) is 6.07. The number of para-hydroxylation sites is 3. The van der Waals surface area contributed by atoms with Crippen LogP contribution in [-0.2, 0) is 0 Å². The monoisotopic (exact) mass is 244 g/mol. The fourth-order valence-electron chi connectivity index (χ4n) is 1.48. The summed E-state index contributed by atoms with van der Waals surface area (Å²) >= 11 is 0. The van der Waals surface area contributed by atoms with E-state index in [0.29, 0.717) is 11.5 Å². The zero-order chi connectivity index (χ0) is 12.8. The van der Waals surface area contributed by atoms with Crippen LogP contribution < -0.4 is 9.47 Å². The lowest BCUT2D eigenvalue weighted by atomic mass is 10.3. The molecule has 0 saturated heterocycles. The summed E-state index contributed by atoms with van der Waals surface area (Å²) in [5.74, 6) is 2.03. The van der Waals surface area contributed by atoms with Crippen molar-refractivity contribution in [3.63, 3.8) is 0 Å². The number of aliphatic hydroxyl groups excluding tert-OH is 1. The van der Waals surface area contributed by atoms with Crippen LogP contribution in [0.15, 0.2) is 54.6 Å². The van der Waals surface area contributed by atoms with Crippen molar-refractivity contribution >= 4 is 0 Å². The van der Waals surface area contributed by atoms with Crippen molar-refractivity contribution in [2.45, 2.75) is 13.0 Å². The Morgan fingerprint density at radius 2 is 1.56 bits per heavy atom. The minimum Gasteiger partial charge on any atom is -0.487 e. The normalized spacial score (nSPS) is 11.9. The van der Waals surface area contributed by atoms with Gasteiger partial charge in [-0.05, 0) is 31.2 Å². The zero-order valence-electron chi connectivity index (χ0n) is 10.2. The van der Waals surface area contributed by atoms with Gasteiger partial charge in [0.15, 0.2) is 11.5 Å². The van der Waals surface area contributed by atoms with Crippen molar-refractivity contribution < 1.29 is 14.6 Å². The summed E-state index contributed by atoms with van der Waals surface area (Å²) in [5.41, 5.74) is 0. The van der Waals surface area contributed by atoms with Gasteiger partial charge in [0, 0.05) is 0 Å². The number of rotatable bonds is 5. The number of hydrogen-bond acceptors (Lipinski definition) is 3. The van der Waals surface area contributed by atoms with Crippen LogP contribution in [0.2, 0.25) is 0 Å². The van der Waals surface area contributed by atoms with Crippen molar-refractivity contribution in [2.24, 2.45) is 0 Å². The van der Waals surface area contributed by atoms with E-state index < -0.39 is 6.10 Å². The molecule has 0 aliphatic carbocycles. The summed E-state index contributed by atoms with van der Waals surface area (Å²) in [6.45, 7) is 1.93. The maximum Gasteiger partial charge on any atom is 0.169 e. The Morgan fingerprint density at radius 1 is 0.944 bits per heavy atom. The van der Waals surface area contributed by atoms with E-state index in [4.69, 9.17) is 9.47 Å². The SMILES string of the molecule is CC(O)COc1ccccc1Oc1ccccc1. The Balaban J connectivity index is 2.12. The molecule has 0 radical (unpaired) electrons. The van der Waals surface area contributed by atoms with E-state index in [1.54, 1.807) is 6.92 Å². The minimum absolute atomic E-state index is 0.245. The molecule has 0 aliphatic heterocycles. The Kier molecular flexibility index (Phi) is 4.20. The van der Waals surface area contributed by atoms with Crippen molar-refractivity contribution in [3.8, 4) is 17.2 Å². The highest BCUT2D eigenvalue weighted by molar-refractivity contribution is 5.42. The molecule has 0 bridgehead atoms. The summed E-state index contributed by atoms with van der Waals surface area (Å²) in [6.07, 6.45) is -0.505. The van der Waals surface area contributed by atoms with Crippen molar-refractivity contribution in [1.82, 2.24) is 0 Å². The van der Waals surface area contributed by atoms with E-state index in [1.807, 2.05) is 54.6 Å². The van der Waals surface area contributed by atoms with Crippen molar-refractivity contribution in [3.05, 3.63) is 54.6 Å². The van der Waals surface area contributed by atoms with Crippen LogP contribution >= 0.6 is 0 Å². The fraction of sp³-hybridized carbons (Fsp3) is 0.200. The van der Waals surface area contributed by atoms with Crippen LogP contribution in [0, 0.1) is 0 Å². The second-order valence-electron chi connectivity index (χ2n) is 4.02. The lowest BCUT2D eigenvalue weighted by Crippen LogP contribution is -2.13. The maximum absolute atomic E-state index is 9.23. The first-order valence-corrected chi connectivity index (χ1v) is 5.88. The molecular formula is C15H16O3. The molecule has 0 amide bonds. The van der Waals surface area contributed by atoms with Gasteiger partial charge in [0.1, 0.15) is 12.4 Å². The first-order valence-electron chi connectivity index (χ1n) is 5.88. The van der Waals surface area contributed by atoms with Gasteiger partial charge in [-0.15, -0.1) is 0 Å². The van der Waals surface area contributed by atoms with Gasteiger partial charge >= 0.3 is 0 Å². The molecule has 0 fully saturated rings. The molecule has 1 N–H and O–H groups in total. The zero-order valence-corrected chi connectivity index (χ0v) is 10.2. The van der Waals surface area contributed by atoms with Gasteiger partial charge in [-0.2, -0.15) is 0 Å². The van der Waals surface area contributed by atoms with Crippen LogP contribution in [0.3, 0.4) is 0 Å². The smallest absolute Gasteiger partial charge is 0.169 e. The molecule has 3 heteroatoms. The third kappa shape index (κ3) is 3.50. The molecule has 0 heterocycles. The highest BCUT2D eigenvalue weighted by atomic mass is 16.5. The van der Waals surface area contributed by atoms with Crippen molar-refractivity contribution in [2.75, 3.05) is 6.61 Å². The van der Waals surface area contributed by atoms with Crippen LogP contribution in [0.25, 0.3) is 0 Å². The minimum atomic E-state index is -0.505. The first kappa shape index (κ1) is 12.5. The number of aliphatic hydroxyl groups is 1. The summed E-state index contributed by atoms with van der Waals surface area (Å²) in [5, 5.41) is 9.23. The standard InChI is InChI=1S/C15H16O3/c1-12(16)11-17-14-9-5-6-10-15(14)18-13-7-3-2-4-8-13/h2-10,12,16H,11H2,1H3. The third-order valence-electron chi connectivity index (χ3n) is 2.30. The Morgan fingerprint density at radius 3 is 2.22 bits per heavy atom. The molecule has 1 atom stereocenters. The Bertz CT molecular complexity index is 480. The molecule has 3 nitrogen and oxygen atoms in total. The van der Waals surface area contributed by atoms with Crippen LogP contribution in [-0.4, -0.2) is 17.8 Å². The molecule has 2 rings (SSSR count). The molecule has 94 valence electrons. The molecule has 0 spiro atoms. The van der Waals surface area contributed by atoms with E-state index in [0.717, 1.165) is 5.75 Å². The van der Waals surface area contributed by atoms with Gasteiger partial charge in [0.25, 0.3) is 0 Å². The topological polar surface area (TPSA) is 38.7 Å². The third-order valence-corrected chi connectivity index (χ3v) is 2.30. The average molecular weight is 244 g/mol. The van der Waals surface area contributed by atoms with E-state index in [1.165, 1.54) is 0 Å². The molecule has 0 aliphatic rings. The van der Waals surface area contributed by atoms with E-state index in [-0.39, 0.29) is 6.61 Å². The molecule has 0 aromatic heterocycles. The number of benzene rings is 2. The van der Waals surface area contributed by atoms with E-state index in [2.05, 4.69) is 0 Å². The lowest BCUT2D eigenvalue weighted by Gasteiger charge is -2.13. The quantitative estimate of drug-likeness (QED) is 0.877. The molecule has 0 saturated carbocycles. The average Bonchev–Trinajstić information content (AvgIpc) is 2.39. The molecule has 18 heavy (non-hydrogen) atoms. The molecule has 1 unspecified atom stereocenters. The predicted molar refractivity (Wildman–Crippen MR) is 70.1 cm³/mol. The lowest BCUT2D eigenvalue weighted by molar-refractivity contribution is 0.121. The fourth-order valence-corrected chi connectivity index (χ4v) is 1.48. The highest BCUT2D eigenvalue weighted by Gasteiger charge is 2.06. The van der Waals surface area contributed by atoms with Gasteiger partial charge in [0.05, 0.1) is 6.10 Å². The summed E-state index contributed by atoms with van der Waals surface area (Å²) < 4.78 is 11.2. The van der Waals surface area contributed by atoms with E-state index in [9.17, 15) is 5.11 Å². The first-order chi connectivity index (χ1) is 8.75.